The first-order valence-electron chi connectivity index (χ1n) is 3.35. The minimum atomic E-state index is -0.198. The van der Waals surface area contributed by atoms with Crippen LogP contribution < -0.4 is 0 Å². The van der Waals surface area contributed by atoms with Crippen LogP contribution >= 0.6 is 11.8 Å². The molecule has 0 saturated heterocycles. The van der Waals surface area contributed by atoms with Gasteiger partial charge in [0.15, 0.2) is 0 Å². The number of rotatable bonds is 3. The van der Waals surface area contributed by atoms with E-state index in [1.807, 2.05) is 6.26 Å². The number of carbonyl (C=O) groups excluding carboxylic acids is 2. The molecule has 0 N–H and O–H groups in total. The van der Waals surface area contributed by atoms with Crippen molar-refractivity contribution in [2.75, 3.05) is 19.1 Å². The monoisotopic (exact) mass is 175 g/mol. The van der Waals surface area contributed by atoms with E-state index in [0.717, 1.165) is 10.7 Å². The molecule has 0 unspecified atom stereocenters. The van der Waals surface area contributed by atoms with Crippen molar-refractivity contribution in [3.63, 3.8) is 0 Å². The Bertz CT molecular complexity index is 159. The number of thioether (sulfide) groups is 1. The molecule has 0 atom stereocenters. The van der Waals surface area contributed by atoms with Gasteiger partial charge in [0.1, 0.15) is 0 Å². The second kappa shape index (κ2) is 5.18. The van der Waals surface area contributed by atoms with E-state index in [2.05, 4.69) is 0 Å². The summed E-state index contributed by atoms with van der Waals surface area (Å²) in [6.07, 6.45) is 2.37. The Morgan fingerprint density at radius 2 is 2.00 bits per heavy atom. The highest BCUT2D eigenvalue weighted by molar-refractivity contribution is 7.98. The summed E-state index contributed by atoms with van der Waals surface area (Å²) in [5, 5.41) is 0. The van der Waals surface area contributed by atoms with Crippen molar-refractivity contribution in [3.8, 4) is 0 Å². The molecular formula is C7H13NO2S. The van der Waals surface area contributed by atoms with Gasteiger partial charge >= 0.3 is 0 Å². The van der Waals surface area contributed by atoms with Crippen LogP contribution in [0.5, 0.6) is 0 Å². The summed E-state index contributed by atoms with van der Waals surface area (Å²) >= 11 is 1.60. The van der Waals surface area contributed by atoms with E-state index in [0.29, 0.717) is 6.42 Å². The van der Waals surface area contributed by atoms with Crippen LogP contribution in [-0.2, 0) is 9.59 Å². The molecule has 0 fully saturated rings. The van der Waals surface area contributed by atoms with E-state index in [-0.39, 0.29) is 11.8 Å². The van der Waals surface area contributed by atoms with Crippen LogP contribution in [-0.4, -0.2) is 35.8 Å². The van der Waals surface area contributed by atoms with Crippen molar-refractivity contribution < 1.29 is 9.59 Å². The quantitative estimate of drug-likeness (QED) is 0.635. The summed E-state index contributed by atoms with van der Waals surface area (Å²) in [4.78, 5) is 22.8. The van der Waals surface area contributed by atoms with Crippen molar-refractivity contribution in [3.05, 3.63) is 0 Å². The Morgan fingerprint density at radius 1 is 1.45 bits per heavy atom. The minimum absolute atomic E-state index is 0.105. The Labute approximate surface area is 71.1 Å². The van der Waals surface area contributed by atoms with Crippen LogP contribution in [0.3, 0.4) is 0 Å². The summed E-state index contributed by atoms with van der Waals surface area (Å²) in [7, 11) is 1.50. The van der Waals surface area contributed by atoms with Gasteiger partial charge in [-0.3, -0.25) is 14.5 Å². The molecule has 0 aromatic rings. The highest BCUT2D eigenvalue weighted by Gasteiger charge is 2.10. The van der Waals surface area contributed by atoms with Gasteiger partial charge in [-0.05, 0) is 6.26 Å². The minimum Gasteiger partial charge on any atom is -0.286 e. The van der Waals surface area contributed by atoms with Gasteiger partial charge in [-0.1, -0.05) is 0 Å². The fourth-order valence-corrected chi connectivity index (χ4v) is 0.911. The molecule has 0 aliphatic rings. The summed E-state index contributed by atoms with van der Waals surface area (Å²) in [5.74, 6) is 0.471. The van der Waals surface area contributed by atoms with Crippen LogP contribution in [0, 0.1) is 0 Å². The average molecular weight is 175 g/mol. The van der Waals surface area contributed by atoms with Gasteiger partial charge in [0.2, 0.25) is 11.8 Å². The van der Waals surface area contributed by atoms with Crippen LogP contribution in [0.4, 0.5) is 0 Å². The zero-order chi connectivity index (χ0) is 8.85. The molecular weight excluding hydrogens is 162 g/mol. The third-order valence-corrected chi connectivity index (χ3v) is 1.98. The van der Waals surface area contributed by atoms with Gasteiger partial charge in [0.05, 0.1) is 0 Å². The zero-order valence-corrected chi connectivity index (χ0v) is 7.90. The number of hydrogen-bond donors (Lipinski definition) is 0. The normalized spacial score (nSPS) is 9.36. The summed E-state index contributed by atoms with van der Waals surface area (Å²) in [6, 6.07) is 0. The van der Waals surface area contributed by atoms with Crippen LogP contribution in [0.1, 0.15) is 13.3 Å². The first-order valence-corrected chi connectivity index (χ1v) is 4.75. The maximum absolute atomic E-state index is 11.0. The Balaban J connectivity index is 3.74. The third-order valence-electron chi connectivity index (χ3n) is 1.37. The molecule has 0 saturated carbocycles. The number of carbonyl (C=O) groups is 2. The van der Waals surface area contributed by atoms with E-state index in [1.54, 1.807) is 11.8 Å². The van der Waals surface area contributed by atoms with Gasteiger partial charge in [-0.15, -0.1) is 0 Å². The first-order chi connectivity index (χ1) is 5.09. The maximum Gasteiger partial charge on any atom is 0.229 e. The molecule has 2 amide bonds. The van der Waals surface area contributed by atoms with Crippen LogP contribution in [0.2, 0.25) is 0 Å². The zero-order valence-electron chi connectivity index (χ0n) is 7.09. The molecule has 0 spiro atoms. The SMILES string of the molecule is CSCCC(=O)N(C)C(C)=O. The standard InChI is InChI=1S/C7H13NO2S/c1-6(9)8(2)7(10)4-5-11-3/h4-5H2,1-3H3. The predicted octanol–water partition coefficient (Wildman–Crippen LogP) is 0.744. The fourth-order valence-electron chi connectivity index (χ4n) is 0.533. The Hall–Kier alpha value is -0.510. The smallest absolute Gasteiger partial charge is 0.229 e. The largest absolute Gasteiger partial charge is 0.286 e. The molecule has 11 heavy (non-hydrogen) atoms. The lowest BCUT2D eigenvalue weighted by molar-refractivity contribution is -0.141. The van der Waals surface area contributed by atoms with Crippen molar-refractivity contribution in [2.24, 2.45) is 0 Å². The number of amides is 2. The lowest BCUT2D eigenvalue weighted by Gasteiger charge is -2.11. The van der Waals surface area contributed by atoms with Crippen molar-refractivity contribution in [1.29, 1.82) is 0 Å². The average Bonchev–Trinajstić information content (AvgIpc) is 1.98. The van der Waals surface area contributed by atoms with E-state index >= 15 is 0 Å². The summed E-state index contributed by atoms with van der Waals surface area (Å²) in [6.45, 7) is 1.39. The number of hydrogen-bond acceptors (Lipinski definition) is 3. The van der Waals surface area contributed by atoms with Crippen molar-refractivity contribution >= 4 is 23.6 Å². The molecule has 0 aliphatic heterocycles. The lowest BCUT2D eigenvalue weighted by atomic mass is 10.4. The van der Waals surface area contributed by atoms with Crippen molar-refractivity contribution in [1.82, 2.24) is 4.90 Å². The van der Waals surface area contributed by atoms with E-state index in [4.69, 9.17) is 0 Å². The summed E-state index contributed by atoms with van der Waals surface area (Å²) in [5.41, 5.74) is 0. The van der Waals surface area contributed by atoms with Gasteiger partial charge in [-0.25, -0.2) is 0 Å². The van der Waals surface area contributed by atoms with Crippen LogP contribution in [0.25, 0.3) is 0 Å². The molecule has 0 heterocycles. The topological polar surface area (TPSA) is 37.4 Å². The fraction of sp³-hybridized carbons (Fsp3) is 0.714. The molecule has 0 radical (unpaired) electrons. The molecule has 0 aliphatic carbocycles. The first kappa shape index (κ1) is 10.5. The second-order valence-corrected chi connectivity index (χ2v) is 3.20. The highest BCUT2D eigenvalue weighted by Crippen LogP contribution is 1.98. The predicted molar refractivity (Wildman–Crippen MR) is 46.5 cm³/mol. The molecule has 64 valence electrons. The van der Waals surface area contributed by atoms with Crippen molar-refractivity contribution in [2.45, 2.75) is 13.3 Å². The van der Waals surface area contributed by atoms with Gasteiger partial charge < -0.3 is 0 Å². The molecule has 0 rings (SSSR count). The molecule has 4 heteroatoms. The molecule has 0 aromatic heterocycles. The second-order valence-electron chi connectivity index (χ2n) is 2.21. The molecule has 0 bridgehead atoms. The van der Waals surface area contributed by atoms with Crippen LogP contribution in [0.15, 0.2) is 0 Å². The lowest BCUT2D eigenvalue weighted by Crippen LogP contribution is -2.31. The Kier molecular flexibility index (Phi) is 4.94. The number of nitrogens with zero attached hydrogens (tertiary/aromatic N) is 1. The molecule has 0 aromatic carbocycles. The van der Waals surface area contributed by atoms with Gasteiger partial charge in [0, 0.05) is 26.1 Å². The summed E-state index contributed by atoms with van der Waals surface area (Å²) < 4.78 is 0. The maximum atomic E-state index is 11.0. The van der Waals surface area contributed by atoms with Gasteiger partial charge in [0.25, 0.3) is 0 Å². The van der Waals surface area contributed by atoms with E-state index in [1.165, 1.54) is 14.0 Å². The third kappa shape index (κ3) is 4.03. The molecule has 3 nitrogen and oxygen atoms in total. The van der Waals surface area contributed by atoms with Gasteiger partial charge in [-0.2, -0.15) is 11.8 Å². The van der Waals surface area contributed by atoms with E-state index in [9.17, 15) is 9.59 Å². The van der Waals surface area contributed by atoms with E-state index < -0.39 is 0 Å². The number of imide groups is 1. The highest BCUT2D eigenvalue weighted by atomic mass is 32.2. The Morgan fingerprint density at radius 3 is 2.36 bits per heavy atom.